The predicted octanol–water partition coefficient (Wildman–Crippen LogP) is 3.85. The molecule has 0 saturated carbocycles. The maximum atomic E-state index is 3.55. The first kappa shape index (κ1) is 14.9. The smallest absolute Gasteiger partial charge is 0.0236 e. The summed E-state index contributed by atoms with van der Waals surface area (Å²) < 4.78 is 0. The maximum Gasteiger partial charge on any atom is 0.0236 e. The molecule has 4 rings (SSSR count). The van der Waals surface area contributed by atoms with Crippen molar-refractivity contribution >= 4 is 0 Å². The van der Waals surface area contributed by atoms with E-state index in [0.29, 0.717) is 5.41 Å². The third-order valence-corrected chi connectivity index (χ3v) is 5.69. The fourth-order valence-electron chi connectivity index (χ4n) is 4.23. The summed E-state index contributed by atoms with van der Waals surface area (Å²) in [5, 5.41) is 3.55. The first-order valence-electron chi connectivity index (χ1n) is 8.82. The zero-order valence-electron chi connectivity index (χ0n) is 14.0. The van der Waals surface area contributed by atoms with Crippen molar-refractivity contribution in [2.45, 2.75) is 26.3 Å². The topological polar surface area (TPSA) is 15.3 Å². The number of rotatable bonds is 3. The van der Waals surface area contributed by atoms with Crippen LogP contribution in [0.3, 0.4) is 0 Å². The fraction of sp³-hybridized carbons (Fsp3) is 0.429. The Morgan fingerprint density at radius 3 is 2.65 bits per heavy atom. The molecule has 2 nitrogen and oxygen atoms in total. The summed E-state index contributed by atoms with van der Waals surface area (Å²) in [6.45, 7) is 8.29. The molecule has 2 aliphatic rings. The maximum absolute atomic E-state index is 3.55. The van der Waals surface area contributed by atoms with Gasteiger partial charge in [-0.2, -0.15) is 0 Å². The fourth-order valence-corrected chi connectivity index (χ4v) is 4.23. The zero-order valence-corrected chi connectivity index (χ0v) is 14.0. The molecule has 120 valence electrons. The van der Waals surface area contributed by atoms with Crippen LogP contribution in [0.25, 0.3) is 11.1 Å². The van der Waals surface area contributed by atoms with Crippen LogP contribution >= 0.6 is 0 Å². The lowest BCUT2D eigenvalue weighted by Crippen LogP contribution is -2.29. The van der Waals surface area contributed by atoms with Crippen molar-refractivity contribution in [3.8, 4) is 11.1 Å². The van der Waals surface area contributed by atoms with Crippen molar-refractivity contribution in [2.75, 3.05) is 26.2 Å². The summed E-state index contributed by atoms with van der Waals surface area (Å²) in [7, 11) is 0. The van der Waals surface area contributed by atoms with Crippen LogP contribution in [0.4, 0.5) is 0 Å². The molecular formula is C21H26N2. The van der Waals surface area contributed by atoms with Crippen LogP contribution in [0.15, 0.2) is 48.5 Å². The molecule has 0 radical (unpaired) electrons. The van der Waals surface area contributed by atoms with Crippen molar-refractivity contribution in [1.29, 1.82) is 0 Å². The number of nitrogens with zero attached hydrogens (tertiary/aromatic N) is 1. The lowest BCUT2D eigenvalue weighted by Gasteiger charge is -2.23. The highest BCUT2D eigenvalue weighted by atomic mass is 15.2. The molecule has 1 N–H and O–H groups in total. The molecule has 2 saturated heterocycles. The Labute approximate surface area is 139 Å². The lowest BCUT2D eigenvalue weighted by molar-refractivity contribution is 0.268. The average molecular weight is 306 g/mol. The molecular weight excluding hydrogens is 280 g/mol. The summed E-state index contributed by atoms with van der Waals surface area (Å²) >= 11 is 0. The largest absolute Gasteiger partial charge is 0.316 e. The van der Waals surface area contributed by atoms with E-state index in [0.717, 1.165) is 6.54 Å². The number of likely N-dealkylation sites (tertiary alicyclic amines) is 1. The first-order chi connectivity index (χ1) is 11.2. The Bertz CT molecular complexity index is 671. The van der Waals surface area contributed by atoms with Gasteiger partial charge in [-0.1, -0.05) is 48.5 Å². The van der Waals surface area contributed by atoms with Gasteiger partial charge in [0.05, 0.1) is 0 Å². The second kappa shape index (κ2) is 6.10. The van der Waals surface area contributed by atoms with Crippen LogP contribution in [0.5, 0.6) is 0 Å². The number of hydrogen-bond donors (Lipinski definition) is 1. The van der Waals surface area contributed by atoms with Crippen molar-refractivity contribution in [3.05, 3.63) is 59.7 Å². The van der Waals surface area contributed by atoms with Gasteiger partial charge in [-0.05, 0) is 60.5 Å². The van der Waals surface area contributed by atoms with Gasteiger partial charge >= 0.3 is 0 Å². The van der Waals surface area contributed by atoms with Crippen LogP contribution in [-0.2, 0) is 6.54 Å². The highest BCUT2D eigenvalue weighted by molar-refractivity contribution is 5.64. The molecule has 23 heavy (non-hydrogen) atoms. The minimum atomic E-state index is 0.567. The SMILES string of the molecule is Cc1cc(-c2ccccc2)ccc1CN1CCC2(CCNC2)C1. The van der Waals surface area contributed by atoms with Gasteiger partial charge in [0.15, 0.2) is 0 Å². The van der Waals surface area contributed by atoms with Gasteiger partial charge < -0.3 is 5.32 Å². The monoisotopic (exact) mass is 306 g/mol. The summed E-state index contributed by atoms with van der Waals surface area (Å²) in [4.78, 5) is 2.65. The predicted molar refractivity (Wildman–Crippen MR) is 96.4 cm³/mol. The zero-order chi connectivity index (χ0) is 15.7. The van der Waals surface area contributed by atoms with Crippen LogP contribution in [0, 0.1) is 12.3 Å². The van der Waals surface area contributed by atoms with Crippen LogP contribution in [0.2, 0.25) is 0 Å². The summed E-state index contributed by atoms with van der Waals surface area (Å²) in [6, 6.07) is 17.6. The first-order valence-corrected chi connectivity index (χ1v) is 8.82. The van der Waals surface area contributed by atoms with Crippen LogP contribution in [0.1, 0.15) is 24.0 Å². The van der Waals surface area contributed by atoms with E-state index in [4.69, 9.17) is 0 Å². The van der Waals surface area contributed by atoms with Gasteiger partial charge in [0.25, 0.3) is 0 Å². The van der Waals surface area contributed by atoms with Gasteiger partial charge in [0, 0.05) is 19.6 Å². The van der Waals surface area contributed by atoms with Crippen molar-refractivity contribution in [1.82, 2.24) is 10.2 Å². The van der Waals surface area contributed by atoms with E-state index in [9.17, 15) is 0 Å². The molecule has 2 heteroatoms. The number of aryl methyl sites for hydroxylation is 1. The van der Waals surface area contributed by atoms with Crippen LogP contribution in [-0.4, -0.2) is 31.1 Å². The Balaban J connectivity index is 1.48. The van der Waals surface area contributed by atoms with Gasteiger partial charge in [0.1, 0.15) is 0 Å². The normalized spacial score (nSPS) is 24.6. The van der Waals surface area contributed by atoms with Crippen LogP contribution < -0.4 is 5.32 Å². The van der Waals surface area contributed by atoms with Gasteiger partial charge in [-0.15, -0.1) is 0 Å². The Morgan fingerprint density at radius 2 is 1.91 bits per heavy atom. The summed E-state index contributed by atoms with van der Waals surface area (Å²) in [5.41, 5.74) is 6.09. The molecule has 2 aromatic carbocycles. The quantitative estimate of drug-likeness (QED) is 0.926. The third kappa shape index (κ3) is 3.06. The highest BCUT2D eigenvalue weighted by Crippen LogP contribution is 2.36. The standard InChI is InChI=1S/C21H26N2/c1-17-13-19(18-5-3-2-4-6-18)7-8-20(17)14-23-12-10-21(16-23)9-11-22-15-21/h2-8,13,22H,9-12,14-16H2,1H3. The summed E-state index contributed by atoms with van der Waals surface area (Å²) in [6.07, 6.45) is 2.72. The number of hydrogen-bond acceptors (Lipinski definition) is 2. The van der Waals surface area contributed by atoms with E-state index in [2.05, 4.69) is 65.7 Å². The molecule has 0 amide bonds. The van der Waals surface area contributed by atoms with E-state index >= 15 is 0 Å². The van der Waals surface area contributed by atoms with Gasteiger partial charge in [-0.3, -0.25) is 4.90 Å². The average Bonchev–Trinajstić information content (AvgIpc) is 3.20. The molecule has 1 atom stereocenters. The molecule has 2 fully saturated rings. The van der Waals surface area contributed by atoms with E-state index in [1.54, 1.807) is 0 Å². The Kier molecular flexibility index (Phi) is 3.96. The second-order valence-electron chi connectivity index (χ2n) is 7.39. The Morgan fingerprint density at radius 1 is 1.04 bits per heavy atom. The van der Waals surface area contributed by atoms with Crippen molar-refractivity contribution < 1.29 is 0 Å². The molecule has 1 spiro atoms. The van der Waals surface area contributed by atoms with Crippen molar-refractivity contribution in [2.24, 2.45) is 5.41 Å². The lowest BCUT2D eigenvalue weighted by atomic mass is 9.86. The molecule has 2 aliphatic heterocycles. The molecule has 0 aliphatic carbocycles. The number of nitrogens with one attached hydrogen (secondary N) is 1. The minimum absolute atomic E-state index is 0.567. The number of benzene rings is 2. The Hall–Kier alpha value is -1.64. The highest BCUT2D eigenvalue weighted by Gasteiger charge is 2.40. The summed E-state index contributed by atoms with van der Waals surface area (Å²) in [5.74, 6) is 0. The van der Waals surface area contributed by atoms with Crippen molar-refractivity contribution in [3.63, 3.8) is 0 Å². The molecule has 2 heterocycles. The van der Waals surface area contributed by atoms with E-state index in [1.807, 2.05) is 0 Å². The van der Waals surface area contributed by atoms with Gasteiger partial charge in [-0.25, -0.2) is 0 Å². The van der Waals surface area contributed by atoms with Gasteiger partial charge in [0.2, 0.25) is 0 Å². The molecule has 0 aromatic heterocycles. The van der Waals surface area contributed by atoms with E-state index in [1.165, 1.54) is 61.3 Å². The molecule has 1 unspecified atom stereocenters. The van der Waals surface area contributed by atoms with E-state index < -0.39 is 0 Å². The van der Waals surface area contributed by atoms with E-state index in [-0.39, 0.29) is 0 Å². The molecule has 0 bridgehead atoms. The second-order valence-corrected chi connectivity index (χ2v) is 7.39. The minimum Gasteiger partial charge on any atom is -0.316 e. The third-order valence-electron chi connectivity index (χ3n) is 5.69. The molecule has 2 aromatic rings.